The van der Waals surface area contributed by atoms with Crippen molar-refractivity contribution in [3.8, 4) is 17.2 Å². The fourth-order valence-corrected chi connectivity index (χ4v) is 2.74. The maximum Gasteiger partial charge on any atom is 0.121 e. The second kappa shape index (κ2) is 12.6. The van der Waals surface area contributed by atoms with Gasteiger partial charge in [0.2, 0.25) is 0 Å². The lowest BCUT2D eigenvalue weighted by atomic mass is 10.0. The predicted octanol–water partition coefficient (Wildman–Crippen LogP) is 2.44. The molecule has 0 amide bonds. The minimum atomic E-state index is -0.731. The van der Waals surface area contributed by atoms with Crippen LogP contribution in [0.2, 0.25) is 0 Å². The molecule has 0 saturated heterocycles. The predicted molar refractivity (Wildman–Crippen MR) is 125 cm³/mol. The number of aliphatic hydroxyl groups excluding tert-OH is 3. The van der Waals surface area contributed by atoms with Crippen molar-refractivity contribution >= 4 is 0 Å². The summed E-state index contributed by atoms with van der Waals surface area (Å²) in [5.74, 6) is -0.0468. The summed E-state index contributed by atoms with van der Waals surface area (Å²) in [4.78, 5) is 0. The van der Waals surface area contributed by atoms with Crippen molar-refractivity contribution < 1.29 is 30.6 Å². The first-order valence-electron chi connectivity index (χ1n) is 10.6. The molecule has 32 heavy (non-hydrogen) atoms. The standard InChI is InChI=1S/C13H21NO3.C11H17NO3/c1-13(2,3)14-7-12(17)9-4-5-11(16)10(6-9)8-15;1-7(2)12-6-11(15)8-3-9(13)5-10(14)4-8/h4-6,12,14-17H,7-8H2,1-3H3;3-5,7,11-15H,6H2,1-2H3. The highest BCUT2D eigenvalue weighted by atomic mass is 16.3. The lowest BCUT2D eigenvalue weighted by Gasteiger charge is -2.23. The number of nitrogens with one attached hydrogen (secondary N) is 2. The van der Waals surface area contributed by atoms with E-state index in [0.29, 0.717) is 29.8 Å². The first-order valence-corrected chi connectivity index (χ1v) is 10.6. The second-order valence-electron chi connectivity index (χ2n) is 9.05. The molecule has 2 rings (SSSR count). The molecule has 0 aromatic heterocycles. The van der Waals surface area contributed by atoms with Gasteiger partial charge < -0.3 is 41.3 Å². The van der Waals surface area contributed by atoms with Crippen LogP contribution in [0.15, 0.2) is 36.4 Å². The average molecular weight is 451 g/mol. The number of aromatic hydroxyl groups is 3. The van der Waals surface area contributed by atoms with Gasteiger partial charge in [-0.05, 0) is 56.2 Å². The molecule has 0 radical (unpaired) electrons. The van der Waals surface area contributed by atoms with Crippen LogP contribution in [-0.4, -0.2) is 55.3 Å². The van der Waals surface area contributed by atoms with Crippen LogP contribution < -0.4 is 10.6 Å². The summed E-state index contributed by atoms with van der Waals surface area (Å²) in [7, 11) is 0. The molecule has 0 spiro atoms. The van der Waals surface area contributed by atoms with Gasteiger partial charge in [-0.25, -0.2) is 0 Å². The number of benzene rings is 2. The number of hydrogen-bond acceptors (Lipinski definition) is 8. The largest absolute Gasteiger partial charge is 0.508 e. The summed E-state index contributed by atoms with van der Waals surface area (Å²) >= 11 is 0. The molecule has 180 valence electrons. The van der Waals surface area contributed by atoms with E-state index in [0.717, 1.165) is 0 Å². The van der Waals surface area contributed by atoms with Crippen molar-refractivity contribution in [1.29, 1.82) is 0 Å². The number of aliphatic hydroxyl groups is 3. The number of hydrogen-bond donors (Lipinski definition) is 8. The van der Waals surface area contributed by atoms with Crippen molar-refractivity contribution in [3.63, 3.8) is 0 Å². The number of phenols is 3. The molecule has 0 aliphatic heterocycles. The molecule has 8 N–H and O–H groups in total. The van der Waals surface area contributed by atoms with Gasteiger partial charge in [-0.3, -0.25) is 0 Å². The molecule has 0 aliphatic carbocycles. The Hall–Kier alpha value is -2.36. The summed E-state index contributed by atoms with van der Waals surface area (Å²) in [5, 5.41) is 62.9. The van der Waals surface area contributed by atoms with Crippen molar-refractivity contribution in [2.24, 2.45) is 0 Å². The first-order chi connectivity index (χ1) is 14.8. The summed E-state index contributed by atoms with van der Waals surface area (Å²) in [6.45, 7) is 10.6. The van der Waals surface area contributed by atoms with Crippen LogP contribution >= 0.6 is 0 Å². The van der Waals surface area contributed by atoms with Gasteiger partial charge in [0.15, 0.2) is 0 Å². The van der Waals surface area contributed by atoms with Crippen LogP contribution in [0, 0.1) is 0 Å². The number of β-amino-alcohol motifs (C(OH)–C–C–N with tert-alkyl or cyclic N) is 1. The molecular formula is C24H38N2O6. The summed E-state index contributed by atoms with van der Waals surface area (Å²) < 4.78 is 0. The molecule has 2 aromatic carbocycles. The zero-order chi connectivity index (χ0) is 24.5. The lowest BCUT2D eigenvalue weighted by Crippen LogP contribution is -2.38. The molecule has 0 fully saturated rings. The van der Waals surface area contributed by atoms with Gasteiger partial charge in [0.05, 0.1) is 18.8 Å². The van der Waals surface area contributed by atoms with E-state index in [9.17, 15) is 25.5 Å². The van der Waals surface area contributed by atoms with Gasteiger partial charge in [-0.1, -0.05) is 19.9 Å². The number of rotatable bonds is 8. The normalized spacial score (nSPS) is 13.4. The highest BCUT2D eigenvalue weighted by Crippen LogP contribution is 2.25. The molecule has 2 unspecified atom stereocenters. The van der Waals surface area contributed by atoms with Crippen LogP contribution in [-0.2, 0) is 6.61 Å². The average Bonchev–Trinajstić information content (AvgIpc) is 2.69. The Kier molecular flexibility index (Phi) is 10.9. The maximum atomic E-state index is 9.97. The summed E-state index contributed by atoms with van der Waals surface area (Å²) in [5.41, 5.74) is 1.55. The van der Waals surface area contributed by atoms with Crippen LogP contribution in [0.3, 0.4) is 0 Å². The van der Waals surface area contributed by atoms with Gasteiger partial charge in [0.1, 0.15) is 17.2 Å². The van der Waals surface area contributed by atoms with E-state index in [2.05, 4.69) is 10.6 Å². The third-order valence-corrected chi connectivity index (χ3v) is 4.51. The molecule has 2 aromatic rings. The van der Waals surface area contributed by atoms with Crippen LogP contribution in [0.5, 0.6) is 17.2 Å². The zero-order valence-corrected chi connectivity index (χ0v) is 19.5. The first kappa shape index (κ1) is 27.7. The highest BCUT2D eigenvalue weighted by Gasteiger charge is 2.14. The fraction of sp³-hybridized carbons (Fsp3) is 0.500. The minimum absolute atomic E-state index is 0.0476. The third kappa shape index (κ3) is 10.3. The smallest absolute Gasteiger partial charge is 0.121 e. The van der Waals surface area contributed by atoms with Crippen molar-refractivity contribution in [3.05, 3.63) is 53.1 Å². The van der Waals surface area contributed by atoms with Gasteiger partial charge in [0, 0.05) is 36.3 Å². The Labute approximate surface area is 190 Å². The molecule has 0 saturated carbocycles. The maximum absolute atomic E-state index is 9.97. The van der Waals surface area contributed by atoms with Gasteiger partial charge in [-0.15, -0.1) is 0 Å². The quantitative estimate of drug-likeness (QED) is 0.306. The molecule has 0 aliphatic rings. The van der Waals surface area contributed by atoms with Gasteiger partial charge >= 0.3 is 0 Å². The van der Waals surface area contributed by atoms with Crippen molar-refractivity contribution in [2.45, 2.75) is 65.0 Å². The lowest BCUT2D eigenvalue weighted by molar-refractivity contribution is 0.163. The minimum Gasteiger partial charge on any atom is -0.508 e. The SMILES string of the molecule is CC(C)(C)NCC(O)c1ccc(O)c(CO)c1.CC(C)NCC(O)c1cc(O)cc(O)c1. The highest BCUT2D eigenvalue weighted by molar-refractivity contribution is 5.38. The second-order valence-corrected chi connectivity index (χ2v) is 9.05. The molecule has 8 heteroatoms. The van der Waals surface area contributed by atoms with E-state index in [4.69, 9.17) is 5.11 Å². The Morgan fingerprint density at radius 1 is 0.812 bits per heavy atom. The molecular weight excluding hydrogens is 412 g/mol. The Bertz CT molecular complexity index is 815. The Morgan fingerprint density at radius 3 is 1.88 bits per heavy atom. The Balaban J connectivity index is 0.000000323. The molecule has 0 heterocycles. The van der Waals surface area contributed by atoms with E-state index in [1.807, 2.05) is 34.6 Å². The van der Waals surface area contributed by atoms with Crippen LogP contribution in [0.25, 0.3) is 0 Å². The van der Waals surface area contributed by atoms with Gasteiger partial charge in [-0.2, -0.15) is 0 Å². The van der Waals surface area contributed by atoms with E-state index in [1.165, 1.54) is 24.3 Å². The molecule has 0 bridgehead atoms. The van der Waals surface area contributed by atoms with E-state index in [1.54, 1.807) is 12.1 Å². The van der Waals surface area contributed by atoms with Crippen LogP contribution in [0.4, 0.5) is 0 Å². The third-order valence-electron chi connectivity index (χ3n) is 4.51. The zero-order valence-electron chi connectivity index (χ0n) is 19.5. The van der Waals surface area contributed by atoms with E-state index in [-0.39, 0.29) is 35.4 Å². The molecule has 8 nitrogen and oxygen atoms in total. The Morgan fingerprint density at radius 2 is 1.38 bits per heavy atom. The fourth-order valence-electron chi connectivity index (χ4n) is 2.74. The monoisotopic (exact) mass is 450 g/mol. The van der Waals surface area contributed by atoms with Crippen molar-refractivity contribution in [2.75, 3.05) is 13.1 Å². The number of phenolic OH excluding ortho intramolecular Hbond substituents is 2. The van der Waals surface area contributed by atoms with Gasteiger partial charge in [0.25, 0.3) is 0 Å². The van der Waals surface area contributed by atoms with Crippen LogP contribution in [0.1, 0.15) is 63.5 Å². The summed E-state index contributed by atoms with van der Waals surface area (Å²) in [6.07, 6.45) is -1.38. The van der Waals surface area contributed by atoms with E-state index >= 15 is 0 Å². The van der Waals surface area contributed by atoms with E-state index < -0.39 is 12.2 Å². The molecule has 2 atom stereocenters. The van der Waals surface area contributed by atoms with Crippen molar-refractivity contribution in [1.82, 2.24) is 10.6 Å². The topological polar surface area (TPSA) is 145 Å². The summed E-state index contributed by atoms with van der Waals surface area (Å²) in [6, 6.07) is 9.14.